The van der Waals surface area contributed by atoms with Gasteiger partial charge in [-0.05, 0) is 112 Å². The average Bonchev–Trinajstić information content (AvgIpc) is 2.95. The largest absolute Gasteiger partial charge is 0.290 e. The molecule has 0 aromatic rings. The summed E-state index contributed by atoms with van der Waals surface area (Å²) in [5.74, 6) is 6.17. The molecule has 1 heterocycles. The number of rotatable bonds is 2. The molecule has 4 nitrogen and oxygen atoms in total. The highest BCUT2D eigenvalue weighted by Crippen LogP contribution is 2.82. The van der Waals surface area contributed by atoms with Crippen molar-refractivity contribution >= 4 is 28.7 Å². The molecule has 0 N–H and O–H groups in total. The average molecular weight is 439 g/mol. The van der Waals surface area contributed by atoms with E-state index in [2.05, 4.69) is 0 Å². The third-order valence-corrected chi connectivity index (χ3v) is 12.7. The number of nitrogens with zero attached hydrogens (tertiary/aromatic N) is 2. The van der Waals surface area contributed by atoms with Gasteiger partial charge in [0.25, 0.3) is 5.91 Å². The van der Waals surface area contributed by atoms with Crippen LogP contribution < -0.4 is 0 Å². The number of aliphatic imine (C=N–C) groups is 1. The molecule has 10 aliphatic rings. The van der Waals surface area contributed by atoms with E-state index in [1.807, 2.05) is 4.90 Å². The standard InChI is InChI=1S/C26H34N2O2S/c29-21(24-9-15-1-2-17(11-24)18(7-15)12-24)27-23-28(5-6-31-23)22(30)25-10-16-3-4-26(14-25)19(8-16)20(26)13-25/h15-20H,1-14H2/b27-23-. The van der Waals surface area contributed by atoms with E-state index in [-0.39, 0.29) is 16.7 Å². The van der Waals surface area contributed by atoms with Crippen LogP contribution in [-0.4, -0.2) is 34.2 Å². The molecule has 10 rings (SSSR count). The Labute approximate surface area is 189 Å². The summed E-state index contributed by atoms with van der Waals surface area (Å²) in [6.45, 7) is 0.754. The second-order valence-corrected chi connectivity index (χ2v) is 14.1. The summed E-state index contributed by atoms with van der Waals surface area (Å²) in [6.07, 6.45) is 14.7. The quantitative estimate of drug-likeness (QED) is 0.618. The number of amides is 2. The Morgan fingerprint density at radius 1 is 0.903 bits per heavy atom. The van der Waals surface area contributed by atoms with Gasteiger partial charge in [-0.3, -0.25) is 14.5 Å². The predicted octanol–water partition coefficient (Wildman–Crippen LogP) is 4.88. The normalized spacial score (nSPS) is 56.4. The monoisotopic (exact) mass is 438 g/mol. The number of amidine groups is 1. The molecule has 1 saturated heterocycles. The molecule has 8 bridgehead atoms. The molecular formula is C26H34N2O2S. The van der Waals surface area contributed by atoms with Gasteiger partial charge in [-0.1, -0.05) is 18.2 Å². The van der Waals surface area contributed by atoms with Crippen molar-refractivity contribution in [2.75, 3.05) is 12.3 Å². The summed E-state index contributed by atoms with van der Waals surface area (Å²) in [5.41, 5.74) is 0.205. The Kier molecular flexibility index (Phi) is 3.47. The zero-order valence-corrected chi connectivity index (χ0v) is 19.3. The minimum absolute atomic E-state index is 0.125. The van der Waals surface area contributed by atoms with E-state index in [1.54, 1.807) is 11.8 Å². The Hall–Kier alpha value is -0.840. The van der Waals surface area contributed by atoms with Crippen molar-refractivity contribution in [2.24, 2.45) is 56.7 Å². The van der Waals surface area contributed by atoms with Crippen molar-refractivity contribution in [1.29, 1.82) is 0 Å². The molecule has 9 saturated carbocycles. The Bertz CT molecular complexity index is 928. The van der Waals surface area contributed by atoms with Gasteiger partial charge in [-0.2, -0.15) is 4.99 Å². The molecule has 0 aromatic carbocycles. The lowest BCUT2D eigenvalue weighted by atomic mass is 9.67. The van der Waals surface area contributed by atoms with E-state index in [0.717, 1.165) is 91.5 Å². The van der Waals surface area contributed by atoms with E-state index in [1.165, 1.54) is 38.5 Å². The van der Waals surface area contributed by atoms with Gasteiger partial charge < -0.3 is 0 Å². The Morgan fingerprint density at radius 2 is 1.74 bits per heavy atom. The maximum absolute atomic E-state index is 14.0. The molecule has 1 aliphatic heterocycles. The number of carbonyl (C=O) groups excluding carboxylic acids is 2. The number of hydrogen-bond donors (Lipinski definition) is 0. The number of carbonyl (C=O) groups is 2. The molecule has 1 spiro atoms. The predicted molar refractivity (Wildman–Crippen MR) is 120 cm³/mol. The molecule has 9 atom stereocenters. The number of thioether (sulfide) groups is 1. The van der Waals surface area contributed by atoms with Gasteiger partial charge in [-0.15, -0.1) is 0 Å². The SMILES string of the molecule is O=C(/N=C1\SCCN1C(=O)C12CC3CCC4(C1)C(C3)C4C2)C12CC3CCC(C1)C(C3)C2. The number of hydrogen-bond acceptors (Lipinski definition) is 3. The minimum atomic E-state index is -0.194. The molecule has 5 heteroatoms. The van der Waals surface area contributed by atoms with Crippen molar-refractivity contribution in [1.82, 2.24) is 4.90 Å². The van der Waals surface area contributed by atoms with Crippen molar-refractivity contribution in [2.45, 2.75) is 77.0 Å². The highest BCUT2D eigenvalue weighted by Gasteiger charge is 2.77. The van der Waals surface area contributed by atoms with Crippen LogP contribution in [0, 0.1) is 51.8 Å². The van der Waals surface area contributed by atoms with Crippen LogP contribution in [0.4, 0.5) is 0 Å². The van der Waals surface area contributed by atoms with Crippen LogP contribution in [0.2, 0.25) is 0 Å². The third-order valence-electron chi connectivity index (χ3n) is 11.8. The molecular weight excluding hydrogens is 404 g/mol. The molecule has 31 heavy (non-hydrogen) atoms. The van der Waals surface area contributed by atoms with Gasteiger partial charge in [-0.25, -0.2) is 0 Å². The molecule has 166 valence electrons. The lowest BCUT2D eigenvalue weighted by Crippen LogP contribution is -2.45. The van der Waals surface area contributed by atoms with Crippen molar-refractivity contribution in [3.8, 4) is 0 Å². The summed E-state index contributed by atoms with van der Waals surface area (Å²) >= 11 is 1.66. The van der Waals surface area contributed by atoms with Crippen LogP contribution in [-0.2, 0) is 9.59 Å². The summed E-state index contributed by atoms with van der Waals surface area (Å²) < 4.78 is 0. The first-order chi connectivity index (χ1) is 15.0. The molecule has 2 amide bonds. The van der Waals surface area contributed by atoms with E-state index in [4.69, 9.17) is 4.99 Å². The van der Waals surface area contributed by atoms with E-state index in [0.29, 0.717) is 11.3 Å². The summed E-state index contributed by atoms with van der Waals surface area (Å²) in [4.78, 5) is 34.4. The smallest absolute Gasteiger partial charge is 0.254 e. The second-order valence-electron chi connectivity index (χ2n) is 13.0. The summed E-state index contributed by atoms with van der Waals surface area (Å²) in [6, 6.07) is 0. The van der Waals surface area contributed by atoms with Gasteiger partial charge in [0, 0.05) is 12.3 Å². The fraction of sp³-hybridized carbons (Fsp3) is 0.885. The zero-order valence-electron chi connectivity index (χ0n) is 18.5. The first-order valence-electron chi connectivity index (χ1n) is 13.1. The first-order valence-corrected chi connectivity index (χ1v) is 14.1. The van der Waals surface area contributed by atoms with Crippen LogP contribution in [0.3, 0.4) is 0 Å². The second kappa shape index (κ2) is 5.80. The van der Waals surface area contributed by atoms with Crippen LogP contribution in [0.5, 0.6) is 0 Å². The van der Waals surface area contributed by atoms with Crippen molar-refractivity contribution in [3.05, 3.63) is 0 Å². The fourth-order valence-electron chi connectivity index (χ4n) is 10.7. The molecule has 9 aliphatic carbocycles. The van der Waals surface area contributed by atoms with Crippen molar-refractivity contribution in [3.63, 3.8) is 0 Å². The van der Waals surface area contributed by atoms with Gasteiger partial charge >= 0.3 is 0 Å². The van der Waals surface area contributed by atoms with Gasteiger partial charge in [0.15, 0.2) is 5.17 Å². The Balaban J connectivity index is 1.08. The first kappa shape index (κ1) is 18.6. The zero-order chi connectivity index (χ0) is 20.6. The topological polar surface area (TPSA) is 49.7 Å². The molecule has 9 unspecified atom stereocenters. The lowest BCUT2D eigenvalue weighted by molar-refractivity contribution is -0.138. The maximum atomic E-state index is 14.0. The van der Waals surface area contributed by atoms with Gasteiger partial charge in [0.2, 0.25) is 5.91 Å². The maximum Gasteiger partial charge on any atom is 0.254 e. The van der Waals surface area contributed by atoms with E-state index in [9.17, 15) is 9.59 Å². The fourth-order valence-corrected chi connectivity index (χ4v) is 11.7. The molecule has 0 aromatic heterocycles. The highest BCUT2D eigenvalue weighted by molar-refractivity contribution is 8.14. The summed E-state index contributed by atoms with van der Waals surface area (Å²) in [5, 5.41) is 0.756. The van der Waals surface area contributed by atoms with E-state index >= 15 is 0 Å². The van der Waals surface area contributed by atoms with Crippen LogP contribution in [0.1, 0.15) is 77.0 Å². The molecule has 10 fully saturated rings. The minimum Gasteiger partial charge on any atom is -0.290 e. The third kappa shape index (κ3) is 2.28. The van der Waals surface area contributed by atoms with Crippen LogP contribution in [0.15, 0.2) is 4.99 Å². The van der Waals surface area contributed by atoms with Gasteiger partial charge in [0.1, 0.15) is 0 Å². The van der Waals surface area contributed by atoms with Crippen LogP contribution in [0.25, 0.3) is 0 Å². The van der Waals surface area contributed by atoms with Crippen molar-refractivity contribution < 1.29 is 9.59 Å². The van der Waals surface area contributed by atoms with Gasteiger partial charge in [0.05, 0.1) is 10.8 Å². The lowest BCUT2D eigenvalue weighted by Gasteiger charge is -2.38. The van der Waals surface area contributed by atoms with E-state index < -0.39 is 0 Å². The summed E-state index contributed by atoms with van der Waals surface area (Å²) in [7, 11) is 0. The Morgan fingerprint density at radius 3 is 2.68 bits per heavy atom. The van der Waals surface area contributed by atoms with Crippen LogP contribution >= 0.6 is 11.8 Å². The number of fused-ring (bicyclic) bond motifs is 3. The molecule has 0 radical (unpaired) electrons. The highest BCUT2D eigenvalue weighted by atomic mass is 32.2.